The number of anilines is 6. The topological polar surface area (TPSA) is 45.9 Å². The van der Waals surface area contributed by atoms with Crippen molar-refractivity contribution in [2.45, 2.75) is 27.7 Å². The normalized spacial score (nSPS) is 12.0. The molecule has 10 aromatic carbocycles. The molecule has 0 bridgehead atoms. The predicted molar refractivity (Wildman–Crippen MR) is 272 cm³/mol. The van der Waals surface area contributed by atoms with Crippen molar-refractivity contribution in [3.05, 3.63) is 204 Å². The fourth-order valence-corrected chi connectivity index (χ4v) is 10.5. The van der Waals surface area contributed by atoms with E-state index in [1.165, 1.54) is 22.3 Å². The fourth-order valence-electron chi connectivity index (χ4n) is 10.5. The molecule has 0 saturated heterocycles. The van der Waals surface area contributed by atoms with E-state index >= 15 is 0 Å². The van der Waals surface area contributed by atoms with E-state index in [1.54, 1.807) is 0 Å². The molecular weight excluding hydrogens is 797 g/mol. The minimum Gasteiger partial charge on any atom is -0.455 e. The van der Waals surface area contributed by atoms with Crippen LogP contribution in [0.3, 0.4) is 0 Å². The van der Waals surface area contributed by atoms with Gasteiger partial charge in [0.2, 0.25) is 0 Å². The molecule has 0 unspecified atom stereocenters. The minimum absolute atomic E-state index is 0.839. The van der Waals surface area contributed by atoms with E-state index in [1.807, 2.05) is 12.1 Å². The molecule has 5 heteroatoms. The van der Waals surface area contributed by atoms with Gasteiger partial charge in [-0.25, -0.2) is 0 Å². The van der Waals surface area contributed by atoms with Crippen LogP contribution in [-0.4, -0.2) is 0 Å². The number of aryl methyl sites for hydroxylation is 4. The molecule has 65 heavy (non-hydrogen) atoms. The molecule has 13 rings (SSSR count). The van der Waals surface area contributed by atoms with Crippen molar-refractivity contribution in [1.82, 2.24) is 0 Å². The Morgan fingerprint density at radius 2 is 0.600 bits per heavy atom. The molecule has 0 amide bonds. The molecular formula is C60H42N2O3. The van der Waals surface area contributed by atoms with Gasteiger partial charge in [0.05, 0.1) is 22.7 Å². The van der Waals surface area contributed by atoms with Crippen LogP contribution in [0.25, 0.3) is 87.4 Å². The Bertz CT molecular complexity index is 3790. The first-order valence-electron chi connectivity index (χ1n) is 22.2. The van der Waals surface area contributed by atoms with Crippen LogP contribution in [0.1, 0.15) is 22.3 Å². The summed E-state index contributed by atoms with van der Waals surface area (Å²) in [6.07, 6.45) is 0. The molecule has 0 atom stereocenters. The van der Waals surface area contributed by atoms with Crippen LogP contribution < -0.4 is 9.80 Å². The molecule has 0 saturated carbocycles. The largest absolute Gasteiger partial charge is 0.455 e. The van der Waals surface area contributed by atoms with Gasteiger partial charge in [0.15, 0.2) is 11.2 Å². The zero-order valence-electron chi connectivity index (χ0n) is 36.4. The molecule has 0 aliphatic rings. The first-order chi connectivity index (χ1) is 31.9. The summed E-state index contributed by atoms with van der Waals surface area (Å²) < 4.78 is 20.8. The highest BCUT2D eigenvalue weighted by Gasteiger charge is 2.27. The molecule has 0 fully saturated rings. The van der Waals surface area contributed by atoms with Crippen molar-refractivity contribution in [1.29, 1.82) is 0 Å². The fraction of sp³-hybridized carbons (Fsp3) is 0.0667. The van der Waals surface area contributed by atoms with Crippen molar-refractivity contribution < 1.29 is 13.3 Å². The Kier molecular flexibility index (Phi) is 8.10. The van der Waals surface area contributed by atoms with Gasteiger partial charge in [-0.2, -0.15) is 0 Å². The number of benzene rings is 10. The molecule has 0 aliphatic carbocycles. The molecule has 13 aromatic rings. The molecule has 0 N–H and O–H groups in total. The Hall–Kier alpha value is -8.28. The average molecular weight is 839 g/mol. The summed E-state index contributed by atoms with van der Waals surface area (Å²) in [6.45, 7) is 8.67. The molecule has 0 aliphatic heterocycles. The lowest BCUT2D eigenvalue weighted by atomic mass is 9.98. The van der Waals surface area contributed by atoms with Gasteiger partial charge in [-0.3, -0.25) is 0 Å². The molecule has 3 heterocycles. The Morgan fingerprint density at radius 1 is 0.262 bits per heavy atom. The second-order valence-electron chi connectivity index (χ2n) is 17.6. The third kappa shape index (κ3) is 5.72. The SMILES string of the molecule is Cc1cc(C)cc(N(c2cc3c4cc(N(c5cc(C)cc(C)c5)c5cccc6c5oc5ccccc56)c5ccccc5c4oc3c3ccccc23)c2cccc3c2oc2ccccc23)c1. The number of rotatable bonds is 6. The first kappa shape index (κ1) is 37.3. The van der Waals surface area contributed by atoms with Gasteiger partial charge >= 0.3 is 0 Å². The van der Waals surface area contributed by atoms with Crippen LogP contribution in [0.5, 0.6) is 0 Å². The lowest BCUT2D eigenvalue weighted by Crippen LogP contribution is -2.12. The van der Waals surface area contributed by atoms with Gasteiger partial charge in [-0.15, -0.1) is 0 Å². The maximum atomic E-state index is 7.19. The van der Waals surface area contributed by atoms with Crippen molar-refractivity contribution >= 4 is 121 Å². The molecule has 310 valence electrons. The van der Waals surface area contributed by atoms with Crippen molar-refractivity contribution in [3.63, 3.8) is 0 Å². The van der Waals surface area contributed by atoms with E-state index in [-0.39, 0.29) is 0 Å². The van der Waals surface area contributed by atoms with Gasteiger partial charge in [0.25, 0.3) is 0 Å². The van der Waals surface area contributed by atoms with Crippen LogP contribution >= 0.6 is 0 Å². The summed E-state index contributed by atoms with van der Waals surface area (Å²) in [5, 5.41) is 10.6. The molecule has 0 radical (unpaired) electrons. The Labute approximate surface area is 374 Å². The van der Waals surface area contributed by atoms with Crippen molar-refractivity contribution in [2.24, 2.45) is 0 Å². The second-order valence-corrected chi connectivity index (χ2v) is 17.6. The summed E-state index contributed by atoms with van der Waals surface area (Å²) in [5.41, 5.74) is 15.9. The van der Waals surface area contributed by atoms with Crippen molar-refractivity contribution in [2.75, 3.05) is 9.80 Å². The zero-order valence-corrected chi connectivity index (χ0v) is 36.4. The Balaban J connectivity index is 1.15. The van der Waals surface area contributed by atoms with Crippen LogP contribution in [0, 0.1) is 27.7 Å². The average Bonchev–Trinajstić information content (AvgIpc) is 4.01. The molecule has 0 spiro atoms. The lowest BCUT2D eigenvalue weighted by Gasteiger charge is -2.28. The van der Waals surface area contributed by atoms with Gasteiger partial charge in [-0.05, 0) is 111 Å². The van der Waals surface area contributed by atoms with Gasteiger partial charge in [0, 0.05) is 65.2 Å². The quantitative estimate of drug-likeness (QED) is 0.167. The summed E-state index contributed by atoms with van der Waals surface area (Å²) in [5.74, 6) is 0. The maximum Gasteiger partial charge on any atom is 0.159 e. The number of furan rings is 3. The highest BCUT2D eigenvalue weighted by atomic mass is 16.3. The number of para-hydroxylation sites is 4. The number of hydrogen-bond donors (Lipinski definition) is 0. The van der Waals surface area contributed by atoms with E-state index in [0.717, 1.165) is 121 Å². The van der Waals surface area contributed by atoms with Gasteiger partial charge < -0.3 is 23.1 Å². The first-order valence-corrected chi connectivity index (χ1v) is 22.2. The number of fused-ring (bicyclic) bond motifs is 13. The molecule has 5 nitrogen and oxygen atoms in total. The number of nitrogens with zero attached hydrogens (tertiary/aromatic N) is 2. The van der Waals surface area contributed by atoms with Crippen LogP contribution in [0.4, 0.5) is 34.1 Å². The third-order valence-electron chi connectivity index (χ3n) is 13.1. The standard InChI is InChI=1S/C60H42N2O3/c1-35-27-36(2)30-39(29-35)61(51-23-13-21-47-43-17-9-11-25-55(43)63-59(47)51)53-33-49-50-34-54(42-16-6-8-20-46(42)58(50)65-57(49)45-19-7-5-15-41(45)53)62(40-31-37(3)28-38(4)32-40)52-24-14-22-48-44-18-10-12-26-56(44)64-60(48)52/h5-34H,1-4H3. The molecule has 3 aromatic heterocycles. The van der Waals surface area contributed by atoms with E-state index in [2.05, 4.69) is 207 Å². The summed E-state index contributed by atoms with van der Waals surface area (Å²) >= 11 is 0. The van der Waals surface area contributed by atoms with E-state index < -0.39 is 0 Å². The highest BCUT2D eigenvalue weighted by molar-refractivity contribution is 6.26. The third-order valence-corrected chi connectivity index (χ3v) is 13.1. The van der Waals surface area contributed by atoms with Crippen LogP contribution in [-0.2, 0) is 0 Å². The van der Waals surface area contributed by atoms with E-state index in [4.69, 9.17) is 13.3 Å². The summed E-state index contributed by atoms with van der Waals surface area (Å²) in [7, 11) is 0. The van der Waals surface area contributed by atoms with Crippen LogP contribution in [0.15, 0.2) is 195 Å². The van der Waals surface area contributed by atoms with Crippen molar-refractivity contribution in [3.8, 4) is 0 Å². The van der Waals surface area contributed by atoms with Gasteiger partial charge in [-0.1, -0.05) is 121 Å². The lowest BCUT2D eigenvalue weighted by molar-refractivity contribution is 0.669. The minimum atomic E-state index is 0.839. The Morgan fingerprint density at radius 3 is 1.02 bits per heavy atom. The van der Waals surface area contributed by atoms with E-state index in [0.29, 0.717) is 0 Å². The number of hydrogen-bond acceptors (Lipinski definition) is 5. The summed E-state index contributed by atoms with van der Waals surface area (Å²) in [6, 6.07) is 65.1. The summed E-state index contributed by atoms with van der Waals surface area (Å²) in [4.78, 5) is 4.77. The second kappa shape index (κ2) is 14.1. The smallest absolute Gasteiger partial charge is 0.159 e. The van der Waals surface area contributed by atoms with Crippen LogP contribution in [0.2, 0.25) is 0 Å². The van der Waals surface area contributed by atoms with Gasteiger partial charge in [0.1, 0.15) is 22.3 Å². The van der Waals surface area contributed by atoms with E-state index in [9.17, 15) is 0 Å². The zero-order chi connectivity index (χ0) is 43.5. The monoisotopic (exact) mass is 838 g/mol. The maximum absolute atomic E-state index is 7.19. The predicted octanol–water partition coefficient (Wildman–Crippen LogP) is 17.9. The highest BCUT2D eigenvalue weighted by Crippen LogP contribution is 2.51.